The molecule has 0 radical (unpaired) electrons. The molecule has 2 aromatic carbocycles. The number of nitriles is 1. The number of fused-ring (bicyclic) bond motifs is 1. The van der Waals surface area contributed by atoms with Gasteiger partial charge in [0.15, 0.2) is 11.5 Å². The first kappa shape index (κ1) is 17.9. The summed E-state index contributed by atoms with van der Waals surface area (Å²) in [5.74, 6) is -1.79. The first-order chi connectivity index (χ1) is 13.0. The van der Waals surface area contributed by atoms with Gasteiger partial charge in [0.2, 0.25) is 5.76 Å². The molecule has 1 N–H and O–H groups in total. The van der Waals surface area contributed by atoms with E-state index >= 15 is 0 Å². The lowest BCUT2D eigenvalue weighted by atomic mass is 10.2. The lowest BCUT2D eigenvalue weighted by molar-refractivity contribution is -0.123. The number of para-hydroxylation sites is 1. The van der Waals surface area contributed by atoms with E-state index in [1.54, 1.807) is 42.5 Å². The highest BCUT2D eigenvalue weighted by molar-refractivity contribution is 5.97. The maximum absolute atomic E-state index is 12.2. The van der Waals surface area contributed by atoms with Gasteiger partial charge in [-0.1, -0.05) is 18.2 Å². The number of rotatable bonds is 4. The van der Waals surface area contributed by atoms with Crippen LogP contribution in [0.2, 0.25) is 0 Å². The molecule has 0 saturated carbocycles. The number of hydrogen-bond acceptors (Lipinski definition) is 6. The predicted molar refractivity (Wildman–Crippen MR) is 97.1 cm³/mol. The van der Waals surface area contributed by atoms with E-state index < -0.39 is 18.0 Å². The van der Waals surface area contributed by atoms with Crippen LogP contribution in [0.25, 0.3) is 11.0 Å². The molecule has 0 fully saturated rings. The van der Waals surface area contributed by atoms with Crippen molar-refractivity contribution in [2.75, 3.05) is 5.32 Å². The molecule has 1 atom stereocenters. The predicted octanol–water partition coefficient (Wildman–Crippen LogP) is 2.85. The van der Waals surface area contributed by atoms with Gasteiger partial charge in [-0.05, 0) is 37.3 Å². The van der Waals surface area contributed by atoms with Crippen molar-refractivity contribution in [2.24, 2.45) is 0 Å². The van der Waals surface area contributed by atoms with E-state index in [1.807, 2.05) is 6.07 Å². The van der Waals surface area contributed by atoms with E-state index in [9.17, 15) is 14.4 Å². The van der Waals surface area contributed by atoms with Crippen molar-refractivity contribution in [3.05, 3.63) is 76.1 Å². The van der Waals surface area contributed by atoms with Crippen LogP contribution in [-0.4, -0.2) is 18.0 Å². The Morgan fingerprint density at radius 3 is 2.70 bits per heavy atom. The van der Waals surface area contributed by atoms with Gasteiger partial charge >= 0.3 is 5.97 Å². The summed E-state index contributed by atoms with van der Waals surface area (Å²) in [4.78, 5) is 36.5. The fourth-order valence-corrected chi connectivity index (χ4v) is 2.39. The zero-order valence-electron chi connectivity index (χ0n) is 14.3. The Bertz CT molecular complexity index is 1130. The summed E-state index contributed by atoms with van der Waals surface area (Å²) in [6, 6.07) is 15.8. The van der Waals surface area contributed by atoms with Gasteiger partial charge in [0.05, 0.1) is 17.0 Å². The minimum absolute atomic E-state index is 0.252. The molecule has 7 nitrogen and oxygen atoms in total. The normalized spacial score (nSPS) is 11.4. The van der Waals surface area contributed by atoms with Crippen LogP contribution in [0.5, 0.6) is 0 Å². The molecule has 7 heteroatoms. The molecule has 27 heavy (non-hydrogen) atoms. The van der Waals surface area contributed by atoms with Crippen LogP contribution >= 0.6 is 0 Å². The highest BCUT2D eigenvalue weighted by Gasteiger charge is 2.21. The minimum atomic E-state index is -1.14. The van der Waals surface area contributed by atoms with Gasteiger partial charge < -0.3 is 14.5 Å². The third kappa shape index (κ3) is 4.02. The molecule has 1 aromatic heterocycles. The summed E-state index contributed by atoms with van der Waals surface area (Å²) in [7, 11) is 0. The second-order valence-electron chi connectivity index (χ2n) is 5.70. The third-order valence-corrected chi connectivity index (χ3v) is 3.75. The maximum Gasteiger partial charge on any atom is 0.375 e. The Balaban J connectivity index is 1.72. The molecule has 1 heterocycles. The van der Waals surface area contributed by atoms with Gasteiger partial charge in [0, 0.05) is 11.8 Å². The first-order valence-corrected chi connectivity index (χ1v) is 8.03. The SMILES string of the molecule is C[C@@H](OC(=O)c1cc(=O)c2ccccc2o1)C(=O)Nc1cccc(C#N)c1. The van der Waals surface area contributed by atoms with Crippen LogP contribution in [0.15, 0.2) is 63.8 Å². The monoisotopic (exact) mass is 362 g/mol. The minimum Gasteiger partial charge on any atom is -0.449 e. The summed E-state index contributed by atoms with van der Waals surface area (Å²) in [6.07, 6.45) is -1.14. The van der Waals surface area contributed by atoms with Crippen LogP contribution in [0.3, 0.4) is 0 Å². The Morgan fingerprint density at radius 2 is 1.93 bits per heavy atom. The van der Waals surface area contributed by atoms with E-state index in [4.69, 9.17) is 14.4 Å². The standard InChI is InChI=1S/C20H14N2O5/c1-12(19(24)22-14-6-4-5-13(9-14)11-21)26-20(25)18-10-16(23)15-7-2-3-8-17(15)27-18/h2-10,12H,1H3,(H,22,24)/t12-/m1/s1. The van der Waals surface area contributed by atoms with E-state index in [1.165, 1.54) is 13.0 Å². The molecule has 0 saturated heterocycles. The van der Waals surface area contributed by atoms with Gasteiger partial charge in [-0.25, -0.2) is 4.79 Å². The number of carbonyl (C=O) groups excluding carboxylic acids is 2. The Labute approximate surface area is 153 Å². The molecule has 1 amide bonds. The second kappa shape index (κ2) is 7.54. The number of carbonyl (C=O) groups is 2. The Hall–Kier alpha value is -3.92. The van der Waals surface area contributed by atoms with Gasteiger partial charge in [0.1, 0.15) is 5.58 Å². The zero-order valence-corrected chi connectivity index (χ0v) is 14.3. The summed E-state index contributed by atoms with van der Waals surface area (Å²) >= 11 is 0. The number of anilines is 1. The van der Waals surface area contributed by atoms with Crippen molar-refractivity contribution in [1.82, 2.24) is 0 Å². The Kier molecular flexibility index (Phi) is 4.99. The number of hydrogen-bond donors (Lipinski definition) is 1. The molecule has 0 bridgehead atoms. The van der Waals surface area contributed by atoms with E-state index in [2.05, 4.69) is 5.32 Å². The van der Waals surface area contributed by atoms with Crippen molar-refractivity contribution in [3.8, 4) is 6.07 Å². The van der Waals surface area contributed by atoms with Crippen molar-refractivity contribution in [3.63, 3.8) is 0 Å². The molecule has 0 aliphatic carbocycles. The second-order valence-corrected chi connectivity index (χ2v) is 5.70. The number of nitrogens with zero attached hydrogens (tertiary/aromatic N) is 1. The molecule has 0 unspecified atom stereocenters. The average molecular weight is 362 g/mol. The van der Waals surface area contributed by atoms with Crippen molar-refractivity contribution >= 4 is 28.5 Å². The summed E-state index contributed by atoms with van der Waals surface area (Å²) in [5.41, 5.74) is 0.658. The number of benzene rings is 2. The molecule has 3 rings (SSSR count). The topological polar surface area (TPSA) is 109 Å². The molecule has 3 aromatic rings. The van der Waals surface area contributed by atoms with Crippen LogP contribution < -0.4 is 10.7 Å². The van der Waals surface area contributed by atoms with E-state index in [-0.39, 0.29) is 16.8 Å². The number of nitrogens with one attached hydrogen (secondary N) is 1. The van der Waals surface area contributed by atoms with Crippen LogP contribution in [0.4, 0.5) is 5.69 Å². The average Bonchev–Trinajstić information content (AvgIpc) is 2.68. The van der Waals surface area contributed by atoms with Crippen LogP contribution in [0.1, 0.15) is 23.0 Å². The third-order valence-electron chi connectivity index (χ3n) is 3.75. The highest BCUT2D eigenvalue weighted by atomic mass is 16.6. The first-order valence-electron chi connectivity index (χ1n) is 8.03. The summed E-state index contributed by atoms with van der Waals surface area (Å²) < 4.78 is 10.5. The molecule has 0 aliphatic rings. The number of ether oxygens (including phenoxy) is 1. The number of amides is 1. The zero-order chi connectivity index (χ0) is 19.4. The smallest absolute Gasteiger partial charge is 0.375 e. The van der Waals surface area contributed by atoms with Gasteiger partial charge in [-0.15, -0.1) is 0 Å². The molecular weight excluding hydrogens is 348 g/mol. The lowest BCUT2D eigenvalue weighted by Crippen LogP contribution is -2.30. The van der Waals surface area contributed by atoms with Crippen molar-refractivity contribution in [1.29, 1.82) is 5.26 Å². The number of esters is 1. The molecule has 134 valence electrons. The quantitative estimate of drug-likeness (QED) is 0.715. The molecule has 0 spiro atoms. The van der Waals surface area contributed by atoms with Crippen molar-refractivity contribution in [2.45, 2.75) is 13.0 Å². The van der Waals surface area contributed by atoms with Gasteiger partial charge in [0.25, 0.3) is 5.91 Å². The van der Waals surface area contributed by atoms with Crippen LogP contribution in [-0.2, 0) is 9.53 Å². The maximum atomic E-state index is 12.2. The lowest BCUT2D eigenvalue weighted by Gasteiger charge is -2.13. The summed E-state index contributed by atoms with van der Waals surface area (Å²) in [5, 5.41) is 11.8. The Morgan fingerprint density at radius 1 is 1.15 bits per heavy atom. The van der Waals surface area contributed by atoms with Crippen LogP contribution in [0, 0.1) is 11.3 Å². The molecule has 0 aliphatic heterocycles. The summed E-state index contributed by atoms with van der Waals surface area (Å²) in [6.45, 7) is 1.39. The fraction of sp³-hybridized carbons (Fsp3) is 0.100. The van der Waals surface area contributed by atoms with E-state index in [0.29, 0.717) is 16.6 Å². The van der Waals surface area contributed by atoms with E-state index in [0.717, 1.165) is 6.07 Å². The highest BCUT2D eigenvalue weighted by Crippen LogP contribution is 2.14. The molecular formula is C20H14N2O5. The van der Waals surface area contributed by atoms with Gasteiger partial charge in [-0.2, -0.15) is 5.26 Å². The van der Waals surface area contributed by atoms with Gasteiger partial charge in [-0.3, -0.25) is 9.59 Å². The fourth-order valence-electron chi connectivity index (χ4n) is 2.39. The largest absolute Gasteiger partial charge is 0.449 e. The van der Waals surface area contributed by atoms with Crippen molar-refractivity contribution < 1.29 is 18.7 Å².